The molecule has 0 saturated carbocycles. The van der Waals surface area contributed by atoms with Gasteiger partial charge in [0.2, 0.25) is 0 Å². The molecule has 0 saturated heterocycles. The van der Waals surface area contributed by atoms with E-state index in [1.165, 1.54) is 0 Å². The third-order valence-corrected chi connectivity index (χ3v) is 1.52. The first kappa shape index (κ1) is 11.0. The van der Waals surface area contributed by atoms with E-state index in [4.69, 9.17) is 5.73 Å². The molecule has 0 aromatic carbocycles. The van der Waals surface area contributed by atoms with Crippen molar-refractivity contribution in [1.82, 2.24) is 0 Å². The second-order valence-corrected chi connectivity index (χ2v) is 2.52. The molecule has 0 heterocycles. The summed E-state index contributed by atoms with van der Waals surface area (Å²) >= 11 is 0. The second kappa shape index (κ2) is 6.67. The molecule has 0 aliphatic heterocycles. The molecule has 1 atom stereocenters. The van der Waals surface area contributed by atoms with Gasteiger partial charge in [0.15, 0.2) is 0 Å². The molecule has 0 aromatic rings. The first-order valence-corrected chi connectivity index (χ1v) is 3.88. The van der Waals surface area contributed by atoms with Crippen LogP contribution in [0.2, 0.25) is 0 Å². The van der Waals surface area contributed by atoms with E-state index in [0.29, 0.717) is 19.1 Å². The maximum atomic E-state index is 11.0. The predicted octanol–water partition coefficient (Wildman–Crippen LogP) is -0.159. The topological polar surface area (TPSA) is 77.2 Å². The Labute approximate surface area is 71.1 Å². The highest BCUT2D eigenvalue weighted by Gasteiger charge is 2.11. The number of Topliss-reactive ketones (excluding diaryl/α,β-unsaturated/α-hetero) is 1. The van der Waals surface area contributed by atoms with Gasteiger partial charge in [-0.05, 0) is 6.42 Å². The zero-order chi connectivity index (χ0) is 9.40. The van der Waals surface area contributed by atoms with Gasteiger partial charge in [-0.25, -0.2) is 0 Å². The molecule has 0 amide bonds. The third-order valence-electron chi connectivity index (χ3n) is 1.52. The maximum Gasteiger partial charge on any atom is 0.149 e. The van der Waals surface area contributed by atoms with Gasteiger partial charge in [0.05, 0.1) is 6.04 Å². The fourth-order valence-electron chi connectivity index (χ4n) is 0.795. The van der Waals surface area contributed by atoms with Gasteiger partial charge >= 0.3 is 0 Å². The van der Waals surface area contributed by atoms with E-state index in [9.17, 15) is 14.4 Å². The number of hydrogen-bond donors (Lipinski definition) is 1. The number of hydrogen-bond acceptors (Lipinski definition) is 4. The van der Waals surface area contributed by atoms with Crippen molar-refractivity contribution in [3.05, 3.63) is 0 Å². The summed E-state index contributed by atoms with van der Waals surface area (Å²) in [5, 5.41) is 0. The molecule has 0 fully saturated rings. The fourth-order valence-corrected chi connectivity index (χ4v) is 0.795. The number of rotatable bonds is 7. The van der Waals surface area contributed by atoms with Gasteiger partial charge in [-0.2, -0.15) is 0 Å². The van der Waals surface area contributed by atoms with Gasteiger partial charge in [0.25, 0.3) is 0 Å². The van der Waals surface area contributed by atoms with Crippen LogP contribution in [0.15, 0.2) is 0 Å². The van der Waals surface area contributed by atoms with E-state index in [-0.39, 0.29) is 18.6 Å². The largest absolute Gasteiger partial charge is 0.321 e. The van der Waals surface area contributed by atoms with Crippen LogP contribution in [-0.2, 0) is 14.4 Å². The zero-order valence-corrected chi connectivity index (χ0v) is 6.86. The Kier molecular flexibility index (Phi) is 6.09. The van der Waals surface area contributed by atoms with Gasteiger partial charge in [-0.1, -0.05) is 0 Å². The lowest BCUT2D eigenvalue weighted by Crippen LogP contribution is -2.30. The SMILES string of the molecule is NC(CCC=O)C(=O)CCC=O. The summed E-state index contributed by atoms with van der Waals surface area (Å²) in [6, 6.07) is -0.588. The van der Waals surface area contributed by atoms with Gasteiger partial charge in [0, 0.05) is 19.3 Å². The molecule has 0 bridgehead atoms. The van der Waals surface area contributed by atoms with E-state index >= 15 is 0 Å². The lowest BCUT2D eigenvalue weighted by molar-refractivity contribution is -0.122. The number of nitrogens with two attached hydrogens (primary N) is 1. The highest BCUT2D eigenvalue weighted by molar-refractivity contribution is 5.85. The summed E-state index contributed by atoms with van der Waals surface area (Å²) < 4.78 is 0. The summed E-state index contributed by atoms with van der Waals surface area (Å²) in [5.41, 5.74) is 5.42. The van der Waals surface area contributed by atoms with Crippen LogP contribution < -0.4 is 5.73 Å². The quantitative estimate of drug-likeness (QED) is 0.540. The molecule has 0 aliphatic rings. The van der Waals surface area contributed by atoms with Crippen molar-refractivity contribution in [3.63, 3.8) is 0 Å². The van der Waals surface area contributed by atoms with Gasteiger partial charge < -0.3 is 15.3 Å². The Morgan fingerprint density at radius 3 is 2.33 bits per heavy atom. The molecular weight excluding hydrogens is 158 g/mol. The van der Waals surface area contributed by atoms with Crippen molar-refractivity contribution >= 4 is 18.4 Å². The normalized spacial score (nSPS) is 12.1. The Morgan fingerprint density at radius 1 is 1.25 bits per heavy atom. The van der Waals surface area contributed by atoms with Crippen molar-refractivity contribution in [3.8, 4) is 0 Å². The van der Waals surface area contributed by atoms with Crippen LogP contribution >= 0.6 is 0 Å². The van der Waals surface area contributed by atoms with E-state index in [2.05, 4.69) is 0 Å². The number of aldehydes is 2. The molecule has 0 aliphatic carbocycles. The smallest absolute Gasteiger partial charge is 0.149 e. The first-order valence-electron chi connectivity index (χ1n) is 3.88. The number of carbonyl (C=O) groups excluding carboxylic acids is 3. The predicted molar refractivity (Wildman–Crippen MR) is 43.6 cm³/mol. The lowest BCUT2D eigenvalue weighted by Gasteiger charge is -2.06. The molecule has 2 N–H and O–H groups in total. The molecule has 4 heteroatoms. The molecule has 0 radical (unpaired) electrons. The monoisotopic (exact) mass is 171 g/mol. The average Bonchev–Trinajstić information content (AvgIpc) is 2.10. The van der Waals surface area contributed by atoms with Crippen LogP contribution in [0, 0.1) is 0 Å². The summed E-state index contributed by atoms with van der Waals surface area (Å²) in [4.78, 5) is 30.8. The summed E-state index contributed by atoms with van der Waals surface area (Å²) in [5.74, 6) is -0.149. The Balaban J connectivity index is 3.60. The minimum absolute atomic E-state index is 0.149. The van der Waals surface area contributed by atoms with E-state index in [1.54, 1.807) is 0 Å². The molecule has 0 spiro atoms. The zero-order valence-electron chi connectivity index (χ0n) is 6.86. The standard InChI is InChI=1S/C8H13NO3/c9-7(3-1-5-10)8(12)4-2-6-11/h5-7H,1-4,9H2. The summed E-state index contributed by atoms with van der Waals surface area (Å²) in [6.45, 7) is 0. The molecular formula is C8H13NO3. The van der Waals surface area contributed by atoms with Crippen molar-refractivity contribution in [2.45, 2.75) is 31.7 Å². The highest BCUT2D eigenvalue weighted by Crippen LogP contribution is 1.98. The van der Waals surface area contributed by atoms with Crippen molar-refractivity contribution in [1.29, 1.82) is 0 Å². The first-order chi connectivity index (χ1) is 5.72. The average molecular weight is 171 g/mol. The van der Waals surface area contributed by atoms with E-state index < -0.39 is 6.04 Å². The fraction of sp³-hybridized carbons (Fsp3) is 0.625. The second-order valence-electron chi connectivity index (χ2n) is 2.52. The number of carbonyl (C=O) groups is 3. The van der Waals surface area contributed by atoms with E-state index in [1.807, 2.05) is 0 Å². The van der Waals surface area contributed by atoms with Crippen LogP contribution in [-0.4, -0.2) is 24.4 Å². The molecule has 1 unspecified atom stereocenters. The molecule has 68 valence electrons. The minimum Gasteiger partial charge on any atom is -0.321 e. The third kappa shape index (κ3) is 4.73. The Hall–Kier alpha value is -1.03. The Morgan fingerprint density at radius 2 is 1.83 bits per heavy atom. The number of ketones is 1. The van der Waals surface area contributed by atoms with Gasteiger partial charge in [0.1, 0.15) is 18.4 Å². The van der Waals surface area contributed by atoms with Crippen LogP contribution in [0.5, 0.6) is 0 Å². The Bertz CT molecular complexity index is 168. The highest BCUT2D eigenvalue weighted by atomic mass is 16.1. The molecule has 4 nitrogen and oxygen atoms in total. The summed E-state index contributed by atoms with van der Waals surface area (Å²) in [6.07, 6.45) is 2.49. The molecule has 12 heavy (non-hydrogen) atoms. The van der Waals surface area contributed by atoms with Crippen molar-refractivity contribution in [2.75, 3.05) is 0 Å². The molecule has 0 rings (SSSR count). The maximum absolute atomic E-state index is 11.0. The van der Waals surface area contributed by atoms with Gasteiger partial charge in [-0.15, -0.1) is 0 Å². The van der Waals surface area contributed by atoms with E-state index in [0.717, 1.165) is 6.29 Å². The van der Waals surface area contributed by atoms with Crippen LogP contribution in [0.1, 0.15) is 25.7 Å². The molecule has 0 aromatic heterocycles. The van der Waals surface area contributed by atoms with Crippen molar-refractivity contribution in [2.24, 2.45) is 5.73 Å². The lowest BCUT2D eigenvalue weighted by atomic mass is 10.0. The van der Waals surface area contributed by atoms with Crippen molar-refractivity contribution < 1.29 is 14.4 Å². The van der Waals surface area contributed by atoms with Crippen LogP contribution in [0.3, 0.4) is 0 Å². The van der Waals surface area contributed by atoms with Crippen LogP contribution in [0.25, 0.3) is 0 Å². The van der Waals surface area contributed by atoms with Gasteiger partial charge in [-0.3, -0.25) is 4.79 Å². The van der Waals surface area contributed by atoms with Crippen LogP contribution in [0.4, 0.5) is 0 Å². The minimum atomic E-state index is -0.588. The summed E-state index contributed by atoms with van der Waals surface area (Å²) in [7, 11) is 0.